The molecule has 1 amide bonds. The van der Waals surface area contributed by atoms with E-state index in [1.54, 1.807) is 35.6 Å². The Hall–Kier alpha value is -4.24. The van der Waals surface area contributed by atoms with Crippen LogP contribution < -0.4 is 9.64 Å². The maximum Gasteiger partial charge on any atom is 0.233 e. The number of benzene rings is 3. The van der Waals surface area contributed by atoms with E-state index >= 15 is 0 Å². The lowest BCUT2D eigenvalue weighted by atomic mass is 9.78. The van der Waals surface area contributed by atoms with E-state index in [9.17, 15) is 23.8 Å². The first kappa shape index (κ1) is 27.3. The largest absolute Gasteiger partial charge is 0.507 e. The molecule has 0 spiro atoms. The highest BCUT2D eigenvalue weighted by Gasteiger charge is 2.49. The van der Waals surface area contributed by atoms with E-state index in [2.05, 4.69) is 4.98 Å². The third kappa shape index (κ3) is 6.15. The molecule has 1 fully saturated rings. The van der Waals surface area contributed by atoms with Crippen molar-refractivity contribution in [3.05, 3.63) is 108 Å². The van der Waals surface area contributed by atoms with Crippen molar-refractivity contribution in [1.29, 1.82) is 0 Å². The first-order valence-electron chi connectivity index (χ1n) is 13.3. The number of aliphatic hydroxyl groups is 1. The Balaban J connectivity index is 1.27. The molecule has 0 bridgehead atoms. The Labute approximate surface area is 231 Å². The molecule has 0 aliphatic carbocycles. The number of aryl methyl sites for hydroxylation is 1. The van der Waals surface area contributed by atoms with E-state index in [0.717, 1.165) is 19.4 Å². The molecule has 4 aromatic rings. The molecule has 0 radical (unpaired) electrons. The second-order valence-corrected chi connectivity index (χ2v) is 9.96. The van der Waals surface area contributed by atoms with Crippen LogP contribution in [0.5, 0.6) is 11.5 Å². The van der Waals surface area contributed by atoms with Crippen LogP contribution >= 0.6 is 0 Å². The van der Waals surface area contributed by atoms with Gasteiger partial charge in [-0.2, -0.15) is 0 Å². The van der Waals surface area contributed by atoms with Crippen molar-refractivity contribution in [2.75, 3.05) is 11.5 Å². The fourth-order valence-corrected chi connectivity index (χ4v) is 5.13. The van der Waals surface area contributed by atoms with Crippen molar-refractivity contribution in [2.24, 2.45) is 5.92 Å². The minimum atomic E-state index is -0.868. The number of hydrogen-bond donors (Lipinski definition) is 2. The highest BCUT2D eigenvalue weighted by atomic mass is 19.1. The summed E-state index contributed by atoms with van der Waals surface area (Å²) >= 11 is 0. The van der Waals surface area contributed by atoms with Crippen LogP contribution in [0.4, 0.5) is 14.5 Å². The van der Waals surface area contributed by atoms with Gasteiger partial charge in [-0.1, -0.05) is 12.1 Å². The van der Waals surface area contributed by atoms with E-state index in [1.165, 1.54) is 48.5 Å². The lowest BCUT2D eigenvalue weighted by Crippen LogP contribution is -2.55. The molecule has 0 saturated carbocycles. The van der Waals surface area contributed by atoms with Crippen LogP contribution in [0.1, 0.15) is 49.0 Å². The Bertz CT molecular complexity index is 1410. The van der Waals surface area contributed by atoms with Gasteiger partial charge in [0.05, 0.1) is 31.0 Å². The molecular weight excluding hydrogens is 516 g/mol. The minimum absolute atomic E-state index is 0.00962. The van der Waals surface area contributed by atoms with Gasteiger partial charge < -0.3 is 24.4 Å². The molecule has 7 nitrogen and oxygen atoms in total. The van der Waals surface area contributed by atoms with E-state index in [0.29, 0.717) is 35.6 Å². The molecule has 3 atom stereocenters. The van der Waals surface area contributed by atoms with Crippen LogP contribution in [0.2, 0.25) is 0 Å². The average Bonchev–Trinajstić information content (AvgIpc) is 3.47. The number of nitrogens with zero attached hydrogens (tertiary/aromatic N) is 3. The molecule has 2 N–H and O–H groups in total. The van der Waals surface area contributed by atoms with E-state index in [4.69, 9.17) is 4.74 Å². The number of halogens is 2. The van der Waals surface area contributed by atoms with Crippen LogP contribution in [0.15, 0.2) is 85.5 Å². The average molecular weight is 548 g/mol. The number of aliphatic hydroxyl groups excluding tert-OH is 1. The number of phenolic OH excluding ortho intramolecular Hbond substituents is 1. The molecule has 3 aromatic carbocycles. The number of imidazole rings is 1. The van der Waals surface area contributed by atoms with Crippen molar-refractivity contribution < 1.29 is 28.5 Å². The third-order valence-electron chi connectivity index (χ3n) is 7.28. The van der Waals surface area contributed by atoms with Gasteiger partial charge in [-0.3, -0.25) is 4.79 Å². The zero-order valence-electron chi connectivity index (χ0n) is 21.9. The van der Waals surface area contributed by atoms with Crippen LogP contribution in [-0.4, -0.2) is 32.3 Å². The number of hydrogen-bond acceptors (Lipinski definition) is 5. The third-order valence-corrected chi connectivity index (χ3v) is 7.28. The van der Waals surface area contributed by atoms with Gasteiger partial charge in [-0.05, 0) is 79.8 Å². The molecule has 1 aliphatic rings. The van der Waals surface area contributed by atoms with Crippen LogP contribution in [0.3, 0.4) is 0 Å². The summed E-state index contributed by atoms with van der Waals surface area (Å²) in [5.74, 6) is -0.989. The number of amides is 1. The van der Waals surface area contributed by atoms with Crippen molar-refractivity contribution in [3.63, 3.8) is 0 Å². The molecular formula is C31H31F2N3O4. The molecule has 9 heteroatoms. The van der Waals surface area contributed by atoms with Gasteiger partial charge in [0.25, 0.3) is 0 Å². The molecule has 2 heterocycles. The molecule has 5 rings (SSSR count). The number of aromatic hydroxyl groups is 1. The molecule has 1 aliphatic heterocycles. The van der Waals surface area contributed by atoms with Crippen molar-refractivity contribution >= 4 is 11.6 Å². The summed E-state index contributed by atoms with van der Waals surface area (Å²) in [5, 5.41) is 21.6. The quantitative estimate of drug-likeness (QED) is 0.169. The summed E-state index contributed by atoms with van der Waals surface area (Å²) in [5.41, 5.74) is 1.62. The standard InChI is InChI=1S/C31H31F2N3O4/c32-22-5-3-21(4-6-22)28(37)14-13-27-30(36(31(27)39)24-9-7-23(33)8-10-24)26-12-11-25(19-29(26)38)40-18-2-1-16-35-17-15-34-20-35/h3-12,15,17,19-20,27-28,30,37-38H,1-2,13-14,16,18H2. The Morgan fingerprint density at radius 2 is 1.70 bits per heavy atom. The molecule has 40 heavy (non-hydrogen) atoms. The van der Waals surface area contributed by atoms with Gasteiger partial charge >= 0.3 is 0 Å². The maximum absolute atomic E-state index is 13.6. The first-order valence-corrected chi connectivity index (χ1v) is 13.3. The SMILES string of the molecule is O=C1C(CCC(O)c2ccc(F)cc2)C(c2ccc(OCCCCn3ccnc3)cc2O)N1c1ccc(F)cc1. The number of ether oxygens (including phenoxy) is 1. The van der Waals surface area contributed by atoms with Gasteiger partial charge in [0.1, 0.15) is 23.1 Å². The Morgan fingerprint density at radius 3 is 2.38 bits per heavy atom. The lowest BCUT2D eigenvalue weighted by molar-refractivity contribution is -0.131. The minimum Gasteiger partial charge on any atom is -0.507 e. The first-order chi connectivity index (χ1) is 19.4. The van der Waals surface area contributed by atoms with Crippen LogP contribution in [0.25, 0.3) is 0 Å². The fourth-order valence-electron chi connectivity index (χ4n) is 5.13. The van der Waals surface area contributed by atoms with E-state index < -0.39 is 29.7 Å². The van der Waals surface area contributed by atoms with Gasteiger partial charge in [-0.15, -0.1) is 0 Å². The van der Waals surface area contributed by atoms with Gasteiger partial charge in [0.15, 0.2) is 0 Å². The summed E-state index contributed by atoms with van der Waals surface area (Å²) in [7, 11) is 0. The highest BCUT2D eigenvalue weighted by Crippen LogP contribution is 2.49. The Morgan fingerprint density at radius 1 is 0.975 bits per heavy atom. The number of rotatable bonds is 12. The smallest absolute Gasteiger partial charge is 0.233 e. The molecule has 1 saturated heterocycles. The number of β-lactam (4-membered cyclic amide) rings is 1. The van der Waals surface area contributed by atoms with E-state index in [1.807, 2.05) is 10.8 Å². The number of anilines is 1. The highest BCUT2D eigenvalue weighted by molar-refractivity contribution is 6.03. The normalized spacial score (nSPS) is 17.5. The second-order valence-electron chi connectivity index (χ2n) is 9.96. The molecule has 1 aromatic heterocycles. The molecule has 3 unspecified atom stereocenters. The maximum atomic E-state index is 13.6. The summed E-state index contributed by atoms with van der Waals surface area (Å²) in [6.07, 6.45) is 6.92. The fraction of sp³-hybridized carbons (Fsp3) is 0.290. The zero-order valence-corrected chi connectivity index (χ0v) is 21.9. The van der Waals surface area contributed by atoms with Crippen LogP contribution in [-0.2, 0) is 11.3 Å². The summed E-state index contributed by atoms with van der Waals surface area (Å²) in [6.45, 7) is 1.33. The van der Waals surface area contributed by atoms with Crippen molar-refractivity contribution in [2.45, 2.75) is 44.4 Å². The summed E-state index contributed by atoms with van der Waals surface area (Å²) < 4.78 is 34.7. The topological polar surface area (TPSA) is 87.8 Å². The van der Waals surface area contributed by atoms with Gasteiger partial charge in [0.2, 0.25) is 5.91 Å². The number of unbranched alkanes of at least 4 members (excludes halogenated alkanes) is 1. The lowest BCUT2D eigenvalue weighted by Gasteiger charge is -2.48. The predicted octanol–water partition coefficient (Wildman–Crippen LogP) is 5.94. The van der Waals surface area contributed by atoms with Crippen molar-refractivity contribution in [3.8, 4) is 11.5 Å². The van der Waals surface area contributed by atoms with Gasteiger partial charge in [-0.25, -0.2) is 13.8 Å². The number of carbonyl (C=O) groups is 1. The number of phenols is 1. The number of carbonyl (C=O) groups excluding carboxylic acids is 1. The Kier molecular flexibility index (Phi) is 8.40. The van der Waals surface area contributed by atoms with Crippen molar-refractivity contribution in [1.82, 2.24) is 9.55 Å². The monoisotopic (exact) mass is 547 g/mol. The summed E-state index contributed by atoms with van der Waals surface area (Å²) in [6, 6.07) is 15.8. The number of aromatic nitrogens is 2. The van der Waals surface area contributed by atoms with E-state index in [-0.39, 0.29) is 18.1 Å². The second kappa shape index (κ2) is 12.3. The van der Waals surface area contributed by atoms with Crippen LogP contribution in [0, 0.1) is 17.6 Å². The van der Waals surface area contributed by atoms with Gasteiger partial charge in [0, 0.05) is 36.3 Å². The zero-order chi connectivity index (χ0) is 28.1. The predicted molar refractivity (Wildman–Crippen MR) is 146 cm³/mol. The summed E-state index contributed by atoms with van der Waals surface area (Å²) in [4.78, 5) is 18.8. The molecule has 208 valence electrons.